The zero-order valence-corrected chi connectivity index (χ0v) is 14.9. The second kappa shape index (κ2) is 6.35. The zero-order valence-electron chi connectivity index (χ0n) is 14.0. The molecule has 1 aliphatic rings. The lowest BCUT2D eigenvalue weighted by molar-refractivity contribution is -0.131. The average molecular weight is 334 g/mol. The molecule has 0 spiro atoms. The van der Waals surface area contributed by atoms with E-state index >= 15 is 0 Å². The Balaban J connectivity index is 2.01. The van der Waals surface area contributed by atoms with Gasteiger partial charge in [0.1, 0.15) is 5.69 Å². The minimum absolute atomic E-state index is 0.186. The van der Waals surface area contributed by atoms with Crippen molar-refractivity contribution in [1.82, 2.24) is 29.4 Å². The van der Waals surface area contributed by atoms with Gasteiger partial charge >= 0.3 is 0 Å². The van der Waals surface area contributed by atoms with E-state index in [1.807, 2.05) is 35.2 Å². The van der Waals surface area contributed by atoms with Crippen LogP contribution in [0.25, 0.3) is 11.5 Å². The monoisotopic (exact) mass is 334 g/mol. The van der Waals surface area contributed by atoms with E-state index in [-0.39, 0.29) is 5.91 Å². The number of rotatable bonds is 4. The van der Waals surface area contributed by atoms with Crippen LogP contribution >= 0.6 is 11.8 Å². The van der Waals surface area contributed by atoms with Gasteiger partial charge in [-0.2, -0.15) is 5.10 Å². The Morgan fingerprint density at radius 1 is 1.26 bits per heavy atom. The van der Waals surface area contributed by atoms with Crippen LogP contribution in [0.4, 0.5) is 0 Å². The molecule has 0 aliphatic carbocycles. The van der Waals surface area contributed by atoms with Crippen molar-refractivity contribution in [1.29, 1.82) is 0 Å². The molecule has 2 aromatic rings. The van der Waals surface area contributed by atoms with Crippen LogP contribution in [-0.2, 0) is 31.9 Å². The summed E-state index contributed by atoms with van der Waals surface area (Å²) in [5.74, 6) is 1.90. The number of amides is 1. The third-order valence-corrected chi connectivity index (χ3v) is 5.12. The average Bonchev–Trinajstić information content (AvgIpc) is 3.08. The molecule has 0 N–H and O–H groups in total. The van der Waals surface area contributed by atoms with E-state index in [1.54, 1.807) is 11.8 Å². The first-order valence-corrected chi connectivity index (χ1v) is 8.90. The Morgan fingerprint density at radius 3 is 2.74 bits per heavy atom. The van der Waals surface area contributed by atoms with Crippen molar-refractivity contribution in [3.63, 3.8) is 0 Å². The number of carbonyl (C=O) groups is 1. The molecule has 23 heavy (non-hydrogen) atoms. The number of carbonyl (C=O) groups excluding carboxylic acids is 1. The molecule has 0 unspecified atom stereocenters. The molecule has 8 heteroatoms. The van der Waals surface area contributed by atoms with Gasteiger partial charge in [0, 0.05) is 51.3 Å². The van der Waals surface area contributed by atoms with Crippen molar-refractivity contribution in [3.8, 4) is 11.5 Å². The normalized spacial score (nSPS) is 14.2. The molecule has 7 nitrogen and oxygen atoms in total. The van der Waals surface area contributed by atoms with Crippen LogP contribution in [-0.4, -0.2) is 47.6 Å². The number of nitrogens with zero attached hydrogens (tertiary/aromatic N) is 6. The van der Waals surface area contributed by atoms with E-state index in [0.29, 0.717) is 13.0 Å². The lowest BCUT2D eigenvalue weighted by Crippen LogP contribution is -2.35. The van der Waals surface area contributed by atoms with Crippen LogP contribution in [0.15, 0.2) is 5.16 Å². The third kappa shape index (κ3) is 2.75. The molecule has 3 rings (SSSR count). The summed E-state index contributed by atoms with van der Waals surface area (Å²) in [7, 11) is 3.92. The molecule has 0 saturated carbocycles. The SMILES string of the molecule is CCSc1nnc(-c2nn(C)c3c2CN(C(=O)CC)CC3)n1C. The van der Waals surface area contributed by atoms with E-state index in [2.05, 4.69) is 22.2 Å². The minimum atomic E-state index is 0.186. The van der Waals surface area contributed by atoms with E-state index in [4.69, 9.17) is 0 Å². The van der Waals surface area contributed by atoms with Crippen molar-refractivity contribution >= 4 is 17.7 Å². The molecule has 124 valence electrons. The summed E-state index contributed by atoms with van der Waals surface area (Å²) in [6.45, 7) is 5.36. The van der Waals surface area contributed by atoms with Gasteiger partial charge in [-0.05, 0) is 5.75 Å². The lowest BCUT2D eigenvalue weighted by atomic mass is 10.0. The highest BCUT2D eigenvalue weighted by molar-refractivity contribution is 7.99. The summed E-state index contributed by atoms with van der Waals surface area (Å²) < 4.78 is 3.90. The predicted molar refractivity (Wildman–Crippen MR) is 89.0 cm³/mol. The van der Waals surface area contributed by atoms with Gasteiger partial charge in [-0.15, -0.1) is 10.2 Å². The molecule has 1 amide bonds. The van der Waals surface area contributed by atoms with Crippen molar-refractivity contribution in [3.05, 3.63) is 11.3 Å². The summed E-state index contributed by atoms with van der Waals surface area (Å²) in [4.78, 5) is 14.0. The maximum Gasteiger partial charge on any atom is 0.222 e. The van der Waals surface area contributed by atoms with Crippen LogP contribution in [0.2, 0.25) is 0 Å². The van der Waals surface area contributed by atoms with E-state index in [1.165, 1.54) is 5.69 Å². The van der Waals surface area contributed by atoms with Crippen molar-refractivity contribution in [2.75, 3.05) is 12.3 Å². The molecule has 0 atom stereocenters. The van der Waals surface area contributed by atoms with Gasteiger partial charge in [-0.1, -0.05) is 25.6 Å². The number of hydrogen-bond donors (Lipinski definition) is 0. The zero-order chi connectivity index (χ0) is 16.6. The van der Waals surface area contributed by atoms with Gasteiger partial charge in [0.15, 0.2) is 11.0 Å². The number of thioether (sulfide) groups is 1. The van der Waals surface area contributed by atoms with Crippen molar-refractivity contribution in [2.24, 2.45) is 14.1 Å². The summed E-state index contributed by atoms with van der Waals surface area (Å²) in [6, 6.07) is 0. The Labute approximate surface area is 140 Å². The number of aromatic nitrogens is 5. The smallest absolute Gasteiger partial charge is 0.222 e. The summed E-state index contributed by atoms with van der Waals surface area (Å²) in [5.41, 5.74) is 3.13. The fourth-order valence-corrected chi connectivity index (χ4v) is 3.62. The molecular formula is C15H22N6OS. The maximum atomic E-state index is 12.0. The lowest BCUT2D eigenvalue weighted by Gasteiger charge is -2.27. The minimum Gasteiger partial charge on any atom is -0.338 e. The van der Waals surface area contributed by atoms with Crippen molar-refractivity contribution < 1.29 is 4.79 Å². The van der Waals surface area contributed by atoms with Crippen LogP contribution in [0.3, 0.4) is 0 Å². The fraction of sp³-hybridized carbons (Fsp3) is 0.600. The Bertz CT molecular complexity index is 735. The molecule has 0 saturated heterocycles. The van der Waals surface area contributed by atoms with Gasteiger partial charge in [0.05, 0.1) is 0 Å². The molecule has 0 fully saturated rings. The van der Waals surface area contributed by atoms with Crippen LogP contribution in [0, 0.1) is 0 Å². The molecule has 1 aliphatic heterocycles. The quantitative estimate of drug-likeness (QED) is 0.795. The fourth-order valence-electron chi connectivity index (χ4n) is 2.98. The molecular weight excluding hydrogens is 312 g/mol. The Morgan fingerprint density at radius 2 is 2.04 bits per heavy atom. The highest BCUT2D eigenvalue weighted by Crippen LogP contribution is 2.30. The predicted octanol–water partition coefficient (Wildman–Crippen LogP) is 1.62. The second-order valence-corrected chi connectivity index (χ2v) is 6.85. The summed E-state index contributed by atoms with van der Waals surface area (Å²) >= 11 is 1.66. The van der Waals surface area contributed by atoms with Crippen LogP contribution in [0.1, 0.15) is 31.5 Å². The van der Waals surface area contributed by atoms with E-state index in [0.717, 1.165) is 41.0 Å². The van der Waals surface area contributed by atoms with Gasteiger partial charge in [-0.25, -0.2) is 0 Å². The number of hydrogen-bond acceptors (Lipinski definition) is 5. The highest BCUT2D eigenvalue weighted by Gasteiger charge is 2.28. The molecule has 2 aromatic heterocycles. The summed E-state index contributed by atoms with van der Waals surface area (Å²) in [5, 5.41) is 14.1. The number of aryl methyl sites for hydroxylation is 1. The summed E-state index contributed by atoms with van der Waals surface area (Å²) in [6.07, 6.45) is 1.37. The molecule has 0 bridgehead atoms. The third-order valence-electron chi connectivity index (χ3n) is 4.22. The van der Waals surface area contributed by atoms with Gasteiger partial charge in [0.25, 0.3) is 0 Å². The second-order valence-electron chi connectivity index (χ2n) is 5.61. The first-order chi connectivity index (χ1) is 11.1. The van der Waals surface area contributed by atoms with E-state index < -0.39 is 0 Å². The topological polar surface area (TPSA) is 68.8 Å². The standard InChI is InChI=1S/C15H22N6OS/c1-5-12(22)21-8-7-11-10(9-21)13(18-20(11)4)14-16-17-15(19(14)3)23-6-2/h5-9H2,1-4H3. The Kier molecular flexibility index (Phi) is 4.43. The maximum absolute atomic E-state index is 12.0. The van der Waals surface area contributed by atoms with Gasteiger partial charge in [-0.3, -0.25) is 9.48 Å². The first-order valence-electron chi connectivity index (χ1n) is 7.91. The van der Waals surface area contributed by atoms with Gasteiger partial charge in [0.2, 0.25) is 5.91 Å². The highest BCUT2D eigenvalue weighted by atomic mass is 32.2. The molecule has 0 radical (unpaired) electrons. The molecule has 3 heterocycles. The van der Waals surface area contributed by atoms with Crippen molar-refractivity contribution in [2.45, 2.75) is 38.4 Å². The Hall–Kier alpha value is -1.83. The van der Waals surface area contributed by atoms with Gasteiger partial charge < -0.3 is 9.47 Å². The molecule has 0 aromatic carbocycles. The largest absolute Gasteiger partial charge is 0.338 e. The number of fused-ring (bicyclic) bond motifs is 1. The van der Waals surface area contributed by atoms with E-state index in [9.17, 15) is 4.79 Å². The van der Waals surface area contributed by atoms with Crippen LogP contribution < -0.4 is 0 Å². The first kappa shape index (κ1) is 16.0. The van der Waals surface area contributed by atoms with Crippen LogP contribution in [0.5, 0.6) is 0 Å².